The molecule has 0 N–H and O–H groups in total. The van der Waals surface area contributed by atoms with Crippen molar-refractivity contribution >= 4 is 44.9 Å². The third-order valence-electron chi connectivity index (χ3n) is 5.79. The Bertz CT molecular complexity index is 1390. The summed E-state index contributed by atoms with van der Waals surface area (Å²) in [4.78, 5) is 33.2. The average molecular weight is 462 g/mol. The molecule has 1 aliphatic rings. The molecule has 0 saturated carbocycles. The summed E-state index contributed by atoms with van der Waals surface area (Å²) in [6.45, 7) is 4.72. The lowest BCUT2D eigenvalue weighted by Gasteiger charge is -2.29. The lowest BCUT2D eigenvalue weighted by atomic mass is 10.0. The number of nitrogens with zero attached hydrogens (tertiary/aromatic N) is 3. The molecular weight excluding hydrogens is 438 g/mol. The van der Waals surface area contributed by atoms with Crippen molar-refractivity contribution in [2.75, 3.05) is 17.2 Å². The summed E-state index contributed by atoms with van der Waals surface area (Å²) >= 11 is 2.73. The van der Waals surface area contributed by atoms with Crippen LogP contribution < -0.4 is 10.5 Å². The van der Waals surface area contributed by atoms with E-state index in [-0.39, 0.29) is 17.2 Å². The summed E-state index contributed by atoms with van der Waals surface area (Å²) in [7, 11) is 0. The van der Waals surface area contributed by atoms with Gasteiger partial charge >= 0.3 is 0 Å². The number of anilines is 1. The molecule has 1 aliphatic heterocycles. The Morgan fingerprint density at radius 2 is 1.97 bits per heavy atom. The molecule has 0 fully saturated rings. The summed E-state index contributed by atoms with van der Waals surface area (Å²) < 4.78 is 2.30. The molecule has 0 bridgehead atoms. The molecule has 2 aromatic carbocycles. The SMILES string of the molecule is Cc1ccc(C)c(-n2c(SCC(=O)N3CCCc4ccccc43)nc3ccsc3c2=O)c1. The molecule has 32 heavy (non-hydrogen) atoms. The second-order valence-electron chi connectivity index (χ2n) is 8.03. The van der Waals surface area contributed by atoms with Crippen LogP contribution >= 0.6 is 23.1 Å². The quantitative estimate of drug-likeness (QED) is 0.312. The number of thioether (sulfide) groups is 1. The third kappa shape index (κ3) is 3.76. The van der Waals surface area contributed by atoms with Crippen molar-refractivity contribution in [1.29, 1.82) is 0 Å². The molecule has 1 amide bonds. The first-order valence-electron chi connectivity index (χ1n) is 10.6. The average Bonchev–Trinajstić information content (AvgIpc) is 3.28. The highest BCUT2D eigenvalue weighted by Crippen LogP contribution is 2.29. The van der Waals surface area contributed by atoms with Gasteiger partial charge in [-0.2, -0.15) is 0 Å². The third-order valence-corrected chi connectivity index (χ3v) is 7.61. The zero-order chi connectivity index (χ0) is 22.2. The Labute approximate surface area is 194 Å². The summed E-state index contributed by atoms with van der Waals surface area (Å²) in [5, 5.41) is 2.43. The number of fused-ring (bicyclic) bond motifs is 2. The first-order valence-corrected chi connectivity index (χ1v) is 12.5. The molecule has 162 valence electrons. The lowest BCUT2D eigenvalue weighted by Crippen LogP contribution is -2.36. The minimum Gasteiger partial charge on any atom is -0.311 e. The number of hydrogen-bond donors (Lipinski definition) is 0. The number of benzene rings is 2. The van der Waals surface area contributed by atoms with Crippen LogP contribution in [0.2, 0.25) is 0 Å². The Morgan fingerprint density at radius 3 is 2.84 bits per heavy atom. The summed E-state index contributed by atoms with van der Waals surface area (Å²) in [5.41, 5.74) is 5.68. The van der Waals surface area contributed by atoms with E-state index in [0.717, 1.165) is 41.9 Å². The molecule has 5 rings (SSSR count). The van der Waals surface area contributed by atoms with Gasteiger partial charge < -0.3 is 4.90 Å². The predicted octanol–water partition coefficient (Wildman–Crippen LogP) is 5.14. The highest BCUT2D eigenvalue weighted by Gasteiger charge is 2.23. The first-order chi connectivity index (χ1) is 15.5. The maximum Gasteiger partial charge on any atom is 0.276 e. The molecular formula is C25H23N3O2S2. The molecule has 4 aromatic rings. The molecule has 0 spiro atoms. The fourth-order valence-corrected chi connectivity index (χ4v) is 5.80. The summed E-state index contributed by atoms with van der Waals surface area (Å²) in [6.07, 6.45) is 1.95. The van der Waals surface area contributed by atoms with E-state index in [4.69, 9.17) is 4.98 Å². The van der Waals surface area contributed by atoms with Gasteiger partial charge in [-0.05, 0) is 67.0 Å². The zero-order valence-corrected chi connectivity index (χ0v) is 19.6. The van der Waals surface area contributed by atoms with Crippen LogP contribution in [0.4, 0.5) is 5.69 Å². The predicted molar refractivity (Wildman–Crippen MR) is 133 cm³/mol. The maximum absolute atomic E-state index is 13.4. The van der Waals surface area contributed by atoms with Crippen LogP contribution in [0.15, 0.2) is 63.9 Å². The Kier molecular flexibility index (Phi) is 5.61. The number of aromatic nitrogens is 2. The first kappa shape index (κ1) is 21.0. The fourth-order valence-electron chi connectivity index (χ4n) is 4.16. The summed E-state index contributed by atoms with van der Waals surface area (Å²) in [6, 6.07) is 16.0. The van der Waals surface area contributed by atoms with Gasteiger partial charge in [-0.1, -0.05) is 42.1 Å². The molecule has 0 aliphatic carbocycles. The van der Waals surface area contributed by atoms with Gasteiger partial charge in [0.05, 0.1) is 17.0 Å². The highest BCUT2D eigenvalue weighted by atomic mass is 32.2. The number of rotatable bonds is 4. The molecule has 5 nitrogen and oxygen atoms in total. The topological polar surface area (TPSA) is 55.2 Å². The van der Waals surface area contributed by atoms with Crippen molar-refractivity contribution in [1.82, 2.24) is 9.55 Å². The fraction of sp³-hybridized carbons (Fsp3) is 0.240. The second-order valence-corrected chi connectivity index (χ2v) is 9.88. The van der Waals surface area contributed by atoms with Crippen molar-refractivity contribution in [3.63, 3.8) is 0 Å². The number of carbonyl (C=O) groups excluding carboxylic acids is 1. The van der Waals surface area contributed by atoms with Crippen LogP contribution in [-0.2, 0) is 11.2 Å². The molecule has 3 heterocycles. The standard InChI is InChI=1S/C25H23N3O2S2/c1-16-9-10-17(2)21(14-16)28-24(30)23-19(11-13-31-23)26-25(28)32-15-22(29)27-12-5-7-18-6-3-4-8-20(18)27/h3-4,6,8-11,13-14H,5,7,12,15H2,1-2H3. The van der Waals surface area contributed by atoms with Gasteiger partial charge in [-0.15, -0.1) is 11.3 Å². The highest BCUT2D eigenvalue weighted by molar-refractivity contribution is 7.99. The van der Waals surface area contributed by atoms with Crippen molar-refractivity contribution in [2.24, 2.45) is 0 Å². The van der Waals surface area contributed by atoms with Gasteiger partial charge in [0.25, 0.3) is 5.56 Å². The van der Waals surface area contributed by atoms with Gasteiger partial charge in [0.2, 0.25) is 5.91 Å². The Hall–Kier alpha value is -2.90. The second kappa shape index (κ2) is 8.56. The van der Waals surface area contributed by atoms with Crippen molar-refractivity contribution in [2.45, 2.75) is 31.8 Å². The largest absolute Gasteiger partial charge is 0.311 e. The van der Waals surface area contributed by atoms with Crippen molar-refractivity contribution in [3.05, 3.63) is 81.0 Å². The molecule has 7 heteroatoms. The molecule has 0 unspecified atom stereocenters. The van der Waals surface area contributed by atoms with E-state index < -0.39 is 0 Å². The Morgan fingerprint density at radius 1 is 1.12 bits per heavy atom. The van der Waals surface area contributed by atoms with E-state index in [9.17, 15) is 9.59 Å². The summed E-state index contributed by atoms with van der Waals surface area (Å²) in [5.74, 6) is 0.260. The van der Waals surface area contributed by atoms with E-state index in [1.54, 1.807) is 4.57 Å². The molecule has 0 atom stereocenters. The van der Waals surface area contributed by atoms with E-state index in [1.165, 1.54) is 28.7 Å². The van der Waals surface area contributed by atoms with E-state index >= 15 is 0 Å². The lowest BCUT2D eigenvalue weighted by molar-refractivity contribution is -0.116. The number of thiophene rings is 1. The zero-order valence-electron chi connectivity index (χ0n) is 18.0. The molecule has 0 saturated heterocycles. The number of amides is 1. The van der Waals surface area contributed by atoms with E-state index in [1.807, 2.05) is 66.6 Å². The number of aryl methyl sites for hydroxylation is 3. The van der Waals surface area contributed by atoms with Crippen LogP contribution in [0.25, 0.3) is 15.9 Å². The van der Waals surface area contributed by atoms with E-state index in [2.05, 4.69) is 6.07 Å². The molecule has 0 radical (unpaired) electrons. The van der Waals surface area contributed by atoms with Crippen molar-refractivity contribution < 1.29 is 4.79 Å². The van der Waals surface area contributed by atoms with Gasteiger partial charge in [0, 0.05) is 12.2 Å². The van der Waals surface area contributed by atoms with Gasteiger partial charge in [0.1, 0.15) is 4.70 Å². The monoisotopic (exact) mass is 461 g/mol. The maximum atomic E-state index is 13.4. The minimum atomic E-state index is -0.0861. The molecule has 2 aromatic heterocycles. The van der Waals surface area contributed by atoms with Crippen LogP contribution in [0.3, 0.4) is 0 Å². The van der Waals surface area contributed by atoms with Gasteiger partial charge in [-0.25, -0.2) is 4.98 Å². The van der Waals surface area contributed by atoms with Gasteiger partial charge in [-0.3, -0.25) is 14.2 Å². The minimum absolute atomic E-state index is 0.0364. The van der Waals surface area contributed by atoms with Crippen LogP contribution in [0, 0.1) is 13.8 Å². The van der Waals surface area contributed by atoms with Crippen LogP contribution in [0.1, 0.15) is 23.1 Å². The Balaban J connectivity index is 1.52. The number of hydrogen-bond acceptors (Lipinski definition) is 5. The smallest absolute Gasteiger partial charge is 0.276 e. The number of para-hydroxylation sites is 1. The van der Waals surface area contributed by atoms with Crippen LogP contribution in [-0.4, -0.2) is 27.8 Å². The van der Waals surface area contributed by atoms with Crippen LogP contribution in [0.5, 0.6) is 0 Å². The van der Waals surface area contributed by atoms with Crippen molar-refractivity contribution in [3.8, 4) is 5.69 Å². The number of carbonyl (C=O) groups is 1. The van der Waals surface area contributed by atoms with Gasteiger partial charge in [0.15, 0.2) is 5.16 Å². The van der Waals surface area contributed by atoms with E-state index in [0.29, 0.717) is 15.4 Å². The normalized spacial score (nSPS) is 13.4.